The van der Waals surface area contributed by atoms with Crippen LogP contribution in [0, 0.1) is 5.92 Å². The molecule has 1 aromatic carbocycles. The number of allylic oxidation sites excluding steroid dienone is 1. The fourth-order valence-corrected chi connectivity index (χ4v) is 5.07. The molecule has 9 nitrogen and oxygen atoms in total. The summed E-state index contributed by atoms with van der Waals surface area (Å²) in [6.45, 7) is 7.80. The zero-order valence-electron chi connectivity index (χ0n) is 23.3. The second kappa shape index (κ2) is 13.6. The number of fused-ring (bicyclic) bond motifs is 4. The van der Waals surface area contributed by atoms with Crippen LogP contribution >= 0.6 is 0 Å². The number of nitrogens with zero attached hydrogens (tertiary/aromatic N) is 2. The highest BCUT2D eigenvalue weighted by molar-refractivity contribution is 5.92. The Kier molecular flexibility index (Phi) is 10.5. The van der Waals surface area contributed by atoms with Crippen molar-refractivity contribution in [1.82, 2.24) is 26.0 Å². The van der Waals surface area contributed by atoms with E-state index < -0.39 is 18.1 Å². The van der Waals surface area contributed by atoms with Crippen molar-refractivity contribution in [3.8, 4) is 0 Å². The van der Waals surface area contributed by atoms with Crippen LogP contribution < -0.4 is 16.1 Å². The van der Waals surface area contributed by atoms with Crippen LogP contribution in [-0.2, 0) is 19.2 Å². The van der Waals surface area contributed by atoms with Gasteiger partial charge in [0.1, 0.15) is 18.1 Å². The van der Waals surface area contributed by atoms with Gasteiger partial charge in [-0.05, 0) is 69.1 Å². The number of carbonyl (C=O) groups excluding carboxylic acids is 4. The van der Waals surface area contributed by atoms with Crippen molar-refractivity contribution in [2.45, 2.75) is 90.4 Å². The molecule has 2 heterocycles. The van der Waals surface area contributed by atoms with Crippen LogP contribution in [0.4, 0.5) is 0 Å². The van der Waals surface area contributed by atoms with Crippen LogP contribution in [0.3, 0.4) is 0 Å². The van der Waals surface area contributed by atoms with Gasteiger partial charge in [-0.15, -0.1) is 0 Å². The van der Waals surface area contributed by atoms with Gasteiger partial charge in [0.25, 0.3) is 5.91 Å². The number of hydrazine groups is 1. The maximum Gasteiger partial charge on any atom is 0.258 e. The first-order valence-electron chi connectivity index (χ1n) is 13.8. The Balaban J connectivity index is 1.82. The maximum atomic E-state index is 13.2. The lowest BCUT2D eigenvalue weighted by Crippen LogP contribution is -2.62. The van der Waals surface area contributed by atoms with Gasteiger partial charge in [0.2, 0.25) is 17.7 Å². The van der Waals surface area contributed by atoms with E-state index in [0.29, 0.717) is 25.8 Å². The molecule has 208 valence electrons. The Morgan fingerprint density at radius 3 is 2.42 bits per heavy atom. The molecule has 38 heavy (non-hydrogen) atoms. The molecule has 9 heteroatoms. The molecular formula is C29H43N5O4. The molecule has 3 rings (SSSR count). The molecule has 2 aliphatic rings. The molecule has 0 radical (unpaired) electrons. The zero-order valence-corrected chi connectivity index (χ0v) is 23.3. The summed E-state index contributed by atoms with van der Waals surface area (Å²) < 4.78 is 0. The lowest BCUT2D eigenvalue weighted by Gasteiger charge is -2.36. The highest BCUT2D eigenvalue weighted by Crippen LogP contribution is 2.18. The molecule has 3 N–H and O–H groups in total. The van der Waals surface area contributed by atoms with Crippen molar-refractivity contribution in [3.05, 3.63) is 41.5 Å². The van der Waals surface area contributed by atoms with Crippen LogP contribution in [0.25, 0.3) is 6.08 Å². The van der Waals surface area contributed by atoms with Gasteiger partial charge in [-0.3, -0.25) is 24.2 Å². The predicted octanol–water partition coefficient (Wildman–Crippen LogP) is 2.93. The number of rotatable bonds is 1. The number of amides is 4. The number of nitrogens with one attached hydrogen (secondary N) is 3. The van der Waals surface area contributed by atoms with Gasteiger partial charge in [0.05, 0.1) is 6.04 Å². The summed E-state index contributed by atoms with van der Waals surface area (Å²) in [4.78, 5) is 53.8. The smallest absolute Gasteiger partial charge is 0.258 e. The molecule has 0 aromatic heterocycles. The number of likely N-dealkylation sites (N-methyl/N-ethyl adjacent to an activating group) is 1. The van der Waals surface area contributed by atoms with E-state index in [4.69, 9.17) is 0 Å². The lowest BCUT2D eigenvalue weighted by molar-refractivity contribution is -0.145. The minimum absolute atomic E-state index is 0.0859. The number of hydrogen-bond acceptors (Lipinski definition) is 5. The van der Waals surface area contributed by atoms with Gasteiger partial charge < -0.3 is 15.5 Å². The fourth-order valence-electron chi connectivity index (χ4n) is 5.07. The monoisotopic (exact) mass is 525 g/mol. The number of carbonyl (C=O) groups is 4. The molecule has 1 saturated heterocycles. The van der Waals surface area contributed by atoms with E-state index in [1.54, 1.807) is 14.0 Å². The molecule has 4 atom stereocenters. The quantitative estimate of drug-likeness (QED) is 0.522. The van der Waals surface area contributed by atoms with Crippen molar-refractivity contribution in [2.24, 2.45) is 5.92 Å². The van der Waals surface area contributed by atoms with Crippen molar-refractivity contribution in [1.29, 1.82) is 0 Å². The van der Waals surface area contributed by atoms with Gasteiger partial charge in [0.15, 0.2) is 0 Å². The summed E-state index contributed by atoms with van der Waals surface area (Å²) in [5.74, 6) is -1.06. The third-order valence-electron chi connectivity index (χ3n) is 7.30. The van der Waals surface area contributed by atoms with Crippen molar-refractivity contribution in [2.75, 3.05) is 13.6 Å². The van der Waals surface area contributed by atoms with Crippen molar-refractivity contribution in [3.63, 3.8) is 0 Å². The van der Waals surface area contributed by atoms with E-state index in [2.05, 4.69) is 34.3 Å². The Labute approximate surface area is 226 Å². The highest BCUT2D eigenvalue weighted by atomic mass is 16.2. The fraction of sp³-hybridized carbons (Fsp3) is 0.586. The lowest BCUT2D eigenvalue weighted by atomic mass is 10.0. The van der Waals surface area contributed by atoms with E-state index >= 15 is 0 Å². The van der Waals surface area contributed by atoms with Gasteiger partial charge in [-0.1, -0.05) is 44.2 Å². The summed E-state index contributed by atoms with van der Waals surface area (Å²) >= 11 is 0. The van der Waals surface area contributed by atoms with Crippen LogP contribution in [-0.4, -0.2) is 65.3 Å². The third kappa shape index (κ3) is 7.66. The molecule has 0 aliphatic carbocycles. The molecule has 4 unspecified atom stereocenters. The molecule has 1 aromatic rings. The molecule has 1 fully saturated rings. The molecular weight excluding hydrogens is 482 g/mol. The molecule has 4 amide bonds. The average molecular weight is 526 g/mol. The van der Waals surface area contributed by atoms with E-state index in [-0.39, 0.29) is 35.6 Å². The van der Waals surface area contributed by atoms with Gasteiger partial charge in [-0.25, -0.2) is 5.43 Å². The minimum Gasteiger partial charge on any atom is -0.348 e. The van der Waals surface area contributed by atoms with Gasteiger partial charge >= 0.3 is 0 Å². The van der Waals surface area contributed by atoms with Gasteiger partial charge in [-0.2, -0.15) is 0 Å². The van der Waals surface area contributed by atoms with E-state index in [1.807, 2.05) is 39.0 Å². The highest BCUT2D eigenvalue weighted by Gasteiger charge is 2.34. The first-order chi connectivity index (χ1) is 18.1. The van der Waals surface area contributed by atoms with Crippen molar-refractivity contribution >= 4 is 29.7 Å². The Bertz CT molecular complexity index is 1040. The van der Waals surface area contributed by atoms with Gasteiger partial charge in [0, 0.05) is 20.0 Å². The summed E-state index contributed by atoms with van der Waals surface area (Å²) in [5, 5.41) is 7.30. The molecule has 0 spiro atoms. The Morgan fingerprint density at radius 2 is 1.68 bits per heavy atom. The topological polar surface area (TPSA) is 111 Å². The standard InChI is InChI=1S/C29H43N5O4/c1-19(2)26-28(37)31-21(4)29(38)34-17-11-15-24(32-34)27(36)30-20(3)23-14-10-13-22(18-23)12-8-6-7-9-16-25(35)33(26)5/h8,10,12-14,18-21,24,26,32H,6-7,9,11,15-17H2,1-5H3,(H,30,36)(H,31,37). The van der Waals surface area contributed by atoms with E-state index in [9.17, 15) is 19.2 Å². The summed E-state index contributed by atoms with van der Waals surface area (Å²) in [7, 11) is 1.65. The van der Waals surface area contributed by atoms with Crippen LogP contribution in [0.15, 0.2) is 30.3 Å². The normalized spacial score (nSPS) is 26.9. The first kappa shape index (κ1) is 29.4. The molecule has 4 bridgehead atoms. The Morgan fingerprint density at radius 1 is 0.947 bits per heavy atom. The predicted molar refractivity (Wildman–Crippen MR) is 147 cm³/mol. The SMILES string of the molecule is CC1NC(=O)C(C(C)C)N(C)C(=O)CCCCC=Cc2cccc(c2)C(C)NC(=O)C2CCCN(N2)C1=O. The van der Waals surface area contributed by atoms with Crippen LogP contribution in [0.5, 0.6) is 0 Å². The van der Waals surface area contributed by atoms with Crippen LogP contribution in [0.2, 0.25) is 0 Å². The van der Waals surface area contributed by atoms with Crippen LogP contribution in [0.1, 0.15) is 83.4 Å². The largest absolute Gasteiger partial charge is 0.348 e. The molecule has 2 aliphatic heterocycles. The molecule has 0 saturated carbocycles. The first-order valence-corrected chi connectivity index (χ1v) is 13.8. The summed E-state index contributed by atoms with van der Waals surface area (Å²) in [6, 6.07) is 5.81. The third-order valence-corrected chi connectivity index (χ3v) is 7.30. The Hall–Kier alpha value is -3.20. The zero-order chi connectivity index (χ0) is 27.8. The second-order valence-electron chi connectivity index (χ2n) is 10.8. The average Bonchev–Trinajstić information content (AvgIpc) is 2.89. The second-order valence-corrected chi connectivity index (χ2v) is 10.8. The summed E-state index contributed by atoms with van der Waals surface area (Å²) in [5.41, 5.74) is 5.10. The van der Waals surface area contributed by atoms with E-state index in [0.717, 1.165) is 30.4 Å². The number of hydrogen-bond donors (Lipinski definition) is 3. The number of benzene rings is 1. The van der Waals surface area contributed by atoms with E-state index in [1.165, 1.54) is 9.91 Å². The maximum absolute atomic E-state index is 13.2. The van der Waals surface area contributed by atoms with Crippen molar-refractivity contribution < 1.29 is 19.2 Å². The summed E-state index contributed by atoms with van der Waals surface area (Å²) in [6.07, 6.45) is 8.21. The minimum atomic E-state index is -0.812.